The molecule has 0 amide bonds. The lowest BCUT2D eigenvalue weighted by molar-refractivity contribution is 0.392. The smallest absolute Gasteiger partial charge is 0.222 e. The van der Waals surface area contributed by atoms with E-state index in [4.69, 9.17) is 17.3 Å². The summed E-state index contributed by atoms with van der Waals surface area (Å²) in [5, 5.41) is 3.66. The Labute approximate surface area is 94.6 Å². The van der Waals surface area contributed by atoms with Crippen molar-refractivity contribution in [3.8, 4) is 0 Å². The Morgan fingerprint density at radius 3 is 2.87 bits per heavy atom. The van der Waals surface area contributed by atoms with E-state index in [2.05, 4.69) is 27.1 Å². The van der Waals surface area contributed by atoms with Gasteiger partial charge in [0.2, 0.25) is 5.95 Å². The van der Waals surface area contributed by atoms with Gasteiger partial charge in [-0.1, -0.05) is 11.6 Å². The third kappa shape index (κ3) is 3.89. The molecule has 15 heavy (non-hydrogen) atoms. The lowest BCUT2D eigenvalue weighted by atomic mass is 10.3. The van der Waals surface area contributed by atoms with Gasteiger partial charge in [0, 0.05) is 12.6 Å². The van der Waals surface area contributed by atoms with E-state index in [1.807, 2.05) is 14.1 Å². The Morgan fingerprint density at radius 2 is 2.27 bits per heavy atom. The molecule has 0 spiro atoms. The molecule has 1 aromatic rings. The molecule has 1 aromatic heterocycles. The van der Waals surface area contributed by atoms with Crippen LogP contribution in [0.4, 0.5) is 11.8 Å². The van der Waals surface area contributed by atoms with Gasteiger partial charge < -0.3 is 16.0 Å². The lowest BCUT2D eigenvalue weighted by Crippen LogP contribution is -2.30. The predicted molar refractivity (Wildman–Crippen MR) is 63.1 cm³/mol. The van der Waals surface area contributed by atoms with Crippen LogP contribution in [-0.2, 0) is 0 Å². The number of aromatic nitrogens is 2. The van der Waals surface area contributed by atoms with E-state index < -0.39 is 0 Å². The molecule has 0 aromatic carbocycles. The molecule has 1 rings (SSSR count). The minimum atomic E-state index is 0.221. The molecule has 84 valence electrons. The van der Waals surface area contributed by atoms with E-state index in [-0.39, 0.29) is 12.0 Å². The number of nitrogens with zero attached hydrogens (tertiary/aromatic N) is 3. The predicted octanol–water partition coefficient (Wildman–Crippen LogP) is 1.07. The van der Waals surface area contributed by atoms with Crippen LogP contribution in [-0.4, -0.2) is 41.5 Å². The van der Waals surface area contributed by atoms with Crippen molar-refractivity contribution in [2.24, 2.45) is 0 Å². The third-order valence-corrected chi connectivity index (χ3v) is 2.06. The first-order valence-electron chi connectivity index (χ1n) is 4.68. The Hall–Kier alpha value is -1.07. The van der Waals surface area contributed by atoms with Crippen LogP contribution in [0, 0.1) is 0 Å². The van der Waals surface area contributed by atoms with Crippen molar-refractivity contribution in [2.75, 3.05) is 31.7 Å². The van der Waals surface area contributed by atoms with Crippen molar-refractivity contribution in [2.45, 2.75) is 13.0 Å². The van der Waals surface area contributed by atoms with E-state index in [1.165, 1.54) is 6.20 Å². The normalized spacial score (nSPS) is 12.9. The van der Waals surface area contributed by atoms with Gasteiger partial charge in [0.25, 0.3) is 0 Å². The minimum absolute atomic E-state index is 0.221. The van der Waals surface area contributed by atoms with E-state index >= 15 is 0 Å². The molecule has 0 aliphatic carbocycles. The van der Waals surface area contributed by atoms with E-state index in [0.29, 0.717) is 10.8 Å². The summed E-state index contributed by atoms with van der Waals surface area (Å²) in [5.74, 6) is 0.803. The van der Waals surface area contributed by atoms with Crippen molar-refractivity contribution in [1.82, 2.24) is 14.9 Å². The molecule has 1 atom stereocenters. The number of nitrogen functional groups attached to an aromatic ring is 1. The van der Waals surface area contributed by atoms with Crippen molar-refractivity contribution in [1.29, 1.82) is 0 Å². The molecule has 0 bridgehead atoms. The number of anilines is 2. The summed E-state index contributed by atoms with van der Waals surface area (Å²) >= 11 is 5.92. The molecule has 0 aliphatic rings. The number of rotatable bonds is 4. The van der Waals surface area contributed by atoms with E-state index in [1.54, 1.807) is 0 Å². The maximum Gasteiger partial charge on any atom is 0.222 e. The zero-order valence-corrected chi connectivity index (χ0v) is 9.91. The second kappa shape index (κ2) is 5.14. The average Bonchev–Trinajstić information content (AvgIpc) is 2.10. The number of hydrogen-bond acceptors (Lipinski definition) is 5. The largest absolute Gasteiger partial charge is 0.368 e. The molecule has 6 heteroatoms. The van der Waals surface area contributed by atoms with Crippen LogP contribution >= 0.6 is 11.6 Å². The average molecular weight is 230 g/mol. The van der Waals surface area contributed by atoms with Gasteiger partial charge >= 0.3 is 0 Å². The molecular weight excluding hydrogens is 214 g/mol. The zero-order chi connectivity index (χ0) is 11.4. The molecule has 0 saturated carbocycles. The monoisotopic (exact) mass is 229 g/mol. The number of nitrogens with two attached hydrogens (primary N) is 1. The first-order valence-corrected chi connectivity index (χ1v) is 5.06. The quantitative estimate of drug-likeness (QED) is 0.809. The van der Waals surface area contributed by atoms with Crippen LogP contribution in [0.25, 0.3) is 0 Å². The van der Waals surface area contributed by atoms with E-state index in [9.17, 15) is 0 Å². The van der Waals surface area contributed by atoms with Crippen LogP contribution in [0.15, 0.2) is 6.20 Å². The Morgan fingerprint density at radius 1 is 1.60 bits per heavy atom. The number of nitrogens with one attached hydrogen (secondary N) is 1. The molecular formula is C9H16ClN5. The van der Waals surface area contributed by atoms with Crippen molar-refractivity contribution >= 4 is 23.4 Å². The highest BCUT2D eigenvalue weighted by Gasteiger charge is 2.08. The van der Waals surface area contributed by atoms with Gasteiger partial charge in [-0.2, -0.15) is 4.98 Å². The second-order valence-electron chi connectivity index (χ2n) is 3.73. The second-order valence-corrected chi connectivity index (χ2v) is 4.14. The molecule has 0 fully saturated rings. The summed E-state index contributed by atoms with van der Waals surface area (Å²) in [6.45, 7) is 2.94. The summed E-state index contributed by atoms with van der Waals surface area (Å²) in [6, 6.07) is 0.242. The van der Waals surface area contributed by atoms with Crippen LogP contribution in [0.3, 0.4) is 0 Å². The maximum atomic E-state index is 5.92. The van der Waals surface area contributed by atoms with Gasteiger partial charge in [-0.3, -0.25) is 0 Å². The number of hydrogen-bond donors (Lipinski definition) is 2. The fraction of sp³-hybridized carbons (Fsp3) is 0.556. The lowest BCUT2D eigenvalue weighted by Gasteiger charge is -2.19. The standard InChI is InChI=1S/C9H16ClN5/c1-6(5-15(2)3)13-8-7(10)4-12-9(11)14-8/h4,6H,5H2,1-3H3,(H3,11,12,13,14). The third-order valence-electron chi connectivity index (χ3n) is 1.78. The molecule has 0 radical (unpaired) electrons. The van der Waals surface area contributed by atoms with Gasteiger partial charge in [0.15, 0.2) is 5.82 Å². The van der Waals surface area contributed by atoms with Crippen molar-refractivity contribution in [3.05, 3.63) is 11.2 Å². The highest BCUT2D eigenvalue weighted by molar-refractivity contribution is 6.32. The topological polar surface area (TPSA) is 67.1 Å². The molecule has 3 N–H and O–H groups in total. The van der Waals surface area contributed by atoms with Gasteiger partial charge in [0.05, 0.1) is 6.20 Å². The van der Waals surface area contributed by atoms with E-state index in [0.717, 1.165) is 6.54 Å². The van der Waals surface area contributed by atoms with Gasteiger partial charge in [0.1, 0.15) is 5.02 Å². The minimum Gasteiger partial charge on any atom is -0.368 e. The highest BCUT2D eigenvalue weighted by atomic mass is 35.5. The highest BCUT2D eigenvalue weighted by Crippen LogP contribution is 2.18. The van der Waals surface area contributed by atoms with Crippen LogP contribution < -0.4 is 11.1 Å². The molecule has 0 saturated heterocycles. The Kier molecular flexibility index (Phi) is 4.11. The Bertz CT molecular complexity index is 328. The summed E-state index contributed by atoms with van der Waals surface area (Å²) in [6.07, 6.45) is 1.49. The molecule has 5 nitrogen and oxygen atoms in total. The summed E-state index contributed by atoms with van der Waals surface area (Å²) in [4.78, 5) is 9.90. The summed E-state index contributed by atoms with van der Waals surface area (Å²) in [7, 11) is 4.02. The Balaban J connectivity index is 2.67. The van der Waals surface area contributed by atoms with Crippen molar-refractivity contribution in [3.63, 3.8) is 0 Å². The first-order chi connectivity index (χ1) is 6.99. The van der Waals surface area contributed by atoms with Crippen LogP contribution in [0.1, 0.15) is 6.92 Å². The number of likely N-dealkylation sites (N-methyl/N-ethyl adjacent to an activating group) is 1. The van der Waals surface area contributed by atoms with Gasteiger partial charge in [-0.05, 0) is 21.0 Å². The fourth-order valence-corrected chi connectivity index (χ4v) is 1.45. The zero-order valence-electron chi connectivity index (χ0n) is 9.16. The van der Waals surface area contributed by atoms with Crippen LogP contribution in [0.2, 0.25) is 5.02 Å². The summed E-state index contributed by atoms with van der Waals surface area (Å²) in [5.41, 5.74) is 5.47. The van der Waals surface area contributed by atoms with Crippen molar-refractivity contribution < 1.29 is 0 Å². The van der Waals surface area contributed by atoms with Gasteiger partial charge in [-0.25, -0.2) is 4.98 Å². The molecule has 1 unspecified atom stereocenters. The first kappa shape index (κ1) is 12.0. The van der Waals surface area contributed by atoms with Crippen LogP contribution in [0.5, 0.6) is 0 Å². The summed E-state index contributed by atoms with van der Waals surface area (Å²) < 4.78 is 0. The molecule has 0 aliphatic heterocycles. The molecule has 1 heterocycles. The maximum absolute atomic E-state index is 5.92. The van der Waals surface area contributed by atoms with Gasteiger partial charge in [-0.15, -0.1) is 0 Å². The SMILES string of the molecule is CC(CN(C)C)Nc1nc(N)ncc1Cl. The fourth-order valence-electron chi connectivity index (χ4n) is 1.31. The number of halogens is 1.